The number of nitrogens with zero attached hydrogens (tertiary/aromatic N) is 3. The maximum Gasteiger partial charge on any atom is 0.331 e. The van der Waals surface area contributed by atoms with E-state index in [1.165, 1.54) is 16.8 Å². The van der Waals surface area contributed by atoms with E-state index in [9.17, 15) is 9.59 Å². The van der Waals surface area contributed by atoms with Crippen LogP contribution in [0.5, 0.6) is 0 Å². The predicted octanol–water partition coefficient (Wildman–Crippen LogP) is 0.189. The molecule has 2 N–H and O–H groups in total. The molecule has 0 aromatic carbocycles. The van der Waals surface area contributed by atoms with Gasteiger partial charge in [0, 0.05) is 31.2 Å². The molecule has 2 aromatic rings. The molecule has 0 atom stereocenters. The normalized spacial score (nSPS) is 10.7. The molecule has 0 unspecified atom stereocenters. The van der Waals surface area contributed by atoms with Gasteiger partial charge in [-0.05, 0) is 25.0 Å². The third-order valence-corrected chi connectivity index (χ3v) is 3.22. The standard InChI is InChI=1S/C13H16N4O2/c1-8-6-15-10(9(2)12(8)14)7-17-11(18)4-5-16(3)13(17)19/h4-6H,7H2,1-3H3,(H2,14,15). The highest BCUT2D eigenvalue weighted by molar-refractivity contribution is 5.53. The lowest BCUT2D eigenvalue weighted by atomic mass is 10.1. The van der Waals surface area contributed by atoms with Gasteiger partial charge in [-0.3, -0.25) is 14.3 Å². The van der Waals surface area contributed by atoms with Crippen molar-refractivity contribution in [2.24, 2.45) is 7.05 Å². The Morgan fingerprint density at radius 3 is 2.68 bits per heavy atom. The molecule has 19 heavy (non-hydrogen) atoms. The van der Waals surface area contributed by atoms with Crippen LogP contribution in [-0.4, -0.2) is 14.1 Å². The van der Waals surface area contributed by atoms with Gasteiger partial charge in [0.15, 0.2) is 0 Å². The zero-order chi connectivity index (χ0) is 14.2. The molecule has 100 valence electrons. The number of aryl methyl sites for hydroxylation is 2. The second kappa shape index (κ2) is 4.72. The van der Waals surface area contributed by atoms with E-state index in [0.29, 0.717) is 11.4 Å². The van der Waals surface area contributed by atoms with Crippen LogP contribution >= 0.6 is 0 Å². The Hall–Kier alpha value is -2.37. The number of nitrogens with two attached hydrogens (primary N) is 1. The molecule has 2 aromatic heterocycles. The highest BCUT2D eigenvalue weighted by atomic mass is 16.2. The molecule has 0 radical (unpaired) electrons. The van der Waals surface area contributed by atoms with E-state index in [-0.39, 0.29) is 17.8 Å². The van der Waals surface area contributed by atoms with E-state index in [1.54, 1.807) is 13.2 Å². The zero-order valence-electron chi connectivity index (χ0n) is 11.2. The molecule has 0 fully saturated rings. The Bertz CT molecular complexity index is 743. The number of anilines is 1. The first kappa shape index (κ1) is 13.1. The maximum absolute atomic E-state index is 11.9. The number of nitrogen functional groups attached to an aromatic ring is 1. The minimum Gasteiger partial charge on any atom is -0.398 e. The molecular weight excluding hydrogens is 244 g/mol. The third kappa shape index (κ3) is 2.29. The molecule has 0 spiro atoms. The van der Waals surface area contributed by atoms with Crippen LogP contribution in [0.4, 0.5) is 5.69 Å². The summed E-state index contributed by atoms with van der Waals surface area (Å²) < 4.78 is 2.50. The van der Waals surface area contributed by atoms with E-state index in [1.807, 2.05) is 13.8 Å². The van der Waals surface area contributed by atoms with Crippen LogP contribution < -0.4 is 17.0 Å². The molecule has 0 aliphatic rings. The lowest BCUT2D eigenvalue weighted by Crippen LogP contribution is -2.38. The molecule has 0 aliphatic carbocycles. The van der Waals surface area contributed by atoms with Crippen molar-refractivity contribution in [3.05, 3.63) is 56.1 Å². The van der Waals surface area contributed by atoms with Crippen molar-refractivity contribution in [2.45, 2.75) is 20.4 Å². The Kier molecular flexibility index (Phi) is 3.25. The topological polar surface area (TPSA) is 82.9 Å². The lowest BCUT2D eigenvalue weighted by molar-refractivity contribution is 0.629. The lowest BCUT2D eigenvalue weighted by Gasteiger charge is -2.11. The first-order valence-corrected chi connectivity index (χ1v) is 5.89. The zero-order valence-corrected chi connectivity index (χ0v) is 11.2. The fourth-order valence-electron chi connectivity index (χ4n) is 1.86. The summed E-state index contributed by atoms with van der Waals surface area (Å²) >= 11 is 0. The summed E-state index contributed by atoms with van der Waals surface area (Å²) in [6.45, 7) is 3.83. The van der Waals surface area contributed by atoms with Crippen molar-refractivity contribution >= 4 is 5.69 Å². The monoisotopic (exact) mass is 260 g/mol. The third-order valence-electron chi connectivity index (χ3n) is 3.22. The van der Waals surface area contributed by atoms with Gasteiger partial charge in [-0.1, -0.05) is 0 Å². The van der Waals surface area contributed by atoms with Gasteiger partial charge in [0.1, 0.15) is 0 Å². The van der Waals surface area contributed by atoms with Gasteiger partial charge in [0.25, 0.3) is 5.56 Å². The van der Waals surface area contributed by atoms with Crippen molar-refractivity contribution in [1.29, 1.82) is 0 Å². The van der Waals surface area contributed by atoms with Gasteiger partial charge in [-0.25, -0.2) is 4.79 Å². The van der Waals surface area contributed by atoms with Gasteiger partial charge < -0.3 is 10.3 Å². The number of rotatable bonds is 2. The summed E-state index contributed by atoms with van der Waals surface area (Å²) in [7, 11) is 1.60. The Morgan fingerprint density at radius 2 is 2.00 bits per heavy atom. The van der Waals surface area contributed by atoms with Gasteiger partial charge in [0.05, 0.1) is 12.2 Å². The number of hydrogen-bond donors (Lipinski definition) is 1. The molecule has 0 amide bonds. The summed E-state index contributed by atoms with van der Waals surface area (Å²) in [6.07, 6.45) is 3.10. The molecule has 6 nitrogen and oxygen atoms in total. The first-order valence-electron chi connectivity index (χ1n) is 5.89. The van der Waals surface area contributed by atoms with E-state index in [2.05, 4.69) is 4.98 Å². The number of hydrogen-bond acceptors (Lipinski definition) is 4. The van der Waals surface area contributed by atoms with Crippen LogP contribution in [0.15, 0.2) is 28.0 Å². The molecule has 0 aliphatic heterocycles. The van der Waals surface area contributed by atoms with Gasteiger partial charge in [0.2, 0.25) is 0 Å². The number of aromatic nitrogens is 3. The van der Waals surface area contributed by atoms with Crippen molar-refractivity contribution < 1.29 is 0 Å². The average molecular weight is 260 g/mol. The minimum absolute atomic E-state index is 0.128. The van der Waals surface area contributed by atoms with Crippen LogP contribution in [0.2, 0.25) is 0 Å². The average Bonchev–Trinajstić information content (AvgIpc) is 2.39. The molecular formula is C13H16N4O2. The fourth-order valence-corrected chi connectivity index (χ4v) is 1.86. The molecule has 6 heteroatoms. The van der Waals surface area contributed by atoms with E-state index < -0.39 is 0 Å². The smallest absolute Gasteiger partial charge is 0.331 e. The minimum atomic E-state index is -0.368. The van der Waals surface area contributed by atoms with Crippen LogP contribution in [0.25, 0.3) is 0 Å². The van der Waals surface area contributed by atoms with Gasteiger partial charge in [-0.15, -0.1) is 0 Å². The highest BCUT2D eigenvalue weighted by Gasteiger charge is 2.10. The van der Waals surface area contributed by atoms with Crippen LogP contribution in [0.3, 0.4) is 0 Å². The second-order valence-electron chi connectivity index (χ2n) is 4.56. The van der Waals surface area contributed by atoms with Crippen LogP contribution in [-0.2, 0) is 13.6 Å². The molecule has 0 bridgehead atoms. The van der Waals surface area contributed by atoms with Crippen molar-refractivity contribution in [3.8, 4) is 0 Å². The van der Waals surface area contributed by atoms with Crippen molar-refractivity contribution in [1.82, 2.24) is 14.1 Å². The van der Waals surface area contributed by atoms with Crippen LogP contribution in [0.1, 0.15) is 16.8 Å². The second-order valence-corrected chi connectivity index (χ2v) is 4.56. The SMILES string of the molecule is Cc1cnc(Cn2c(=O)ccn(C)c2=O)c(C)c1N. The Morgan fingerprint density at radius 1 is 1.32 bits per heavy atom. The number of pyridine rings is 1. The van der Waals surface area contributed by atoms with Crippen molar-refractivity contribution in [3.63, 3.8) is 0 Å². The van der Waals surface area contributed by atoms with E-state index >= 15 is 0 Å². The van der Waals surface area contributed by atoms with Crippen LogP contribution in [0, 0.1) is 13.8 Å². The maximum atomic E-state index is 11.9. The largest absolute Gasteiger partial charge is 0.398 e. The summed E-state index contributed by atoms with van der Waals surface area (Å²) in [5.41, 5.74) is 8.18. The molecule has 2 heterocycles. The van der Waals surface area contributed by atoms with Gasteiger partial charge >= 0.3 is 5.69 Å². The Labute approximate surface area is 110 Å². The summed E-state index contributed by atoms with van der Waals surface area (Å²) in [5.74, 6) is 0. The predicted molar refractivity (Wildman–Crippen MR) is 73.2 cm³/mol. The molecule has 0 saturated heterocycles. The van der Waals surface area contributed by atoms with E-state index in [4.69, 9.17) is 5.73 Å². The molecule has 2 rings (SSSR count). The highest BCUT2D eigenvalue weighted by Crippen LogP contribution is 2.17. The fraction of sp³-hybridized carbons (Fsp3) is 0.308. The van der Waals surface area contributed by atoms with Gasteiger partial charge in [-0.2, -0.15) is 0 Å². The van der Waals surface area contributed by atoms with E-state index in [0.717, 1.165) is 15.7 Å². The quantitative estimate of drug-likeness (QED) is 0.835. The molecule has 0 saturated carbocycles. The first-order chi connectivity index (χ1) is 8.91. The van der Waals surface area contributed by atoms with Crippen molar-refractivity contribution in [2.75, 3.05) is 5.73 Å². The summed E-state index contributed by atoms with van der Waals surface area (Å²) in [4.78, 5) is 27.9. The Balaban J connectivity index is 2.55. The summed E-state index contributed by atoms with van der Waals surface area (Å²) in [5, 5.41) is 0. The summed E-state index contributed by atoms with van der Waals surface area (Å²) in [6, 6.07) is 1.36.